The van der Waals surface area contributed by atoms with Gasteiger partial charge < -0.3 is 16.0 Å². The van der Waals surface area contributed by atoms with Crippen molar-refractivity contribution in [1.29, 1.82) is 0 Å². The Morgan fingerprint density at radius 2 is 2.16 bits per heavy atom. The van der Waals surface area contributed by atoms with E-state index >= 15 is 0 Å². The SMILES string of the molecule is CCNC(=NCC1CCCN1CC)NCCNC(=O)c1cccnc1. The van der Waals surface area contributed by atoms with Gasteiger partial charge in [-0.1, -0.05) is 6.92 Å². The van der Waals surface area contributed by atoms with Crippen molar-refractivity contribution in [2.75, 3.05) is 39.3 Å². The predicted octanol–water partition coefficient (Wildman–Crippen LogP) is 0.851. The summed E-state index contributed by atoms with van der Waals surface area (Å²) in [4.78, 5) is 23.1. The Bertz CT molecular complexity index is 548. The van der Waals surface area contributed by atoms with Gasteiger partial charge in [-0.15, -0.1) is 0 Å². The largest absolute Gasteiger partial charge is 0.357 e. The number of carbonyl (C=O) groups excluding carboxylic acids is 1. The number of amides is 1. The van der Waals surface area contributed by atoms with Crippen LogP contribution in [-0.2, 0) is 0 Å². The minimum atomic E-state index is -0.110. The lowest BCUT2D eigenvalue weighted by Crippen LogP contribution is -2.42. The molecule has 1 aromatic rings. The van der Waals surface area contributed by atoms with Gasteiger partial charge in [0.2, 0.25) is 0 Å². The van der Waals surface area contributed by atoms with Crippen molar-refractivity contribution in [3.63, 3.8) is 0 Å². The molecule has 1 atom stereocenters. The molecule has 1 aliphatic heterocycles. The summed E-state index contributed by atoms with van der Waals surface area (Å²) in [6, 6.07) is 4.05. The average Bonchev–Trinajstić information content (AvgIpc) is 3.11. The van der Waals surface area contributed by atoms with E-state index in [2.05, 4.69) is 39.7 Å². The molecule has 1 unspecified atom stereocenters. The number of nitrogens with one attached hydrogen (secondary N) is 3. The van der Waals surface area contributed by atoms with Gasteiger partial charge in [-0.25, -0.2) is 0 Å². The maximum atomic E-state index is 12.0. The van der Waals surface area contributed by atoms with Gasteiger partial charge in [-0.05, 0) is 45.0 Å². The lowest BCUT2D eigenvalue weighted by Gasteiger charge is -2.21. The molecule has 1 amide bonds. The smallest absolute Gasteiger partial charge is 0.252 e. The first-order valence-corrected chi connectivity index (χ1v) is 9.19. The van der Waals surface area contributed by atoms with Gasteiger partial charge in [0.15, 0.2) is 5.96 Å². The number of hydrogen-bond acceptors (Lipinski definition) is 4. The van der Waals surface area contributed by atoms with Crippen LogP contribution in [0.3, 0.4) is 0 Å². The van der Waals surface area contributed by atoms with E-state index in [1.54, 1.807) is 24.5 Å². The zero-order valence-corrected chi connectivity index (χ0v) is 15.3. The molecule has 0 bridgehead atoms. The number of guanidine groups is 1. The zero-order chi connectivity index (χ0) is 17.9. The molecule has 7 nitrogen and oxygen atoms in total. The number of pyridine rings is 1. The van der Waals surface area contributed by atoms with Crippen LogP contribution in [0, 0.1) is 0 Å². The van der Waals surface area contributed by atoms with Crippen LogP contribution in [0.4, 0.5) is 0 Å². The first kappa shape index (κ1) is 19.2. The second kappa shape index (κ2) is 10.7. The van der Waals surface area contributed by atoms with Gasteiger partial charge in [-0.2, -0.15) is 0 Å². The summed E-state index contributed by atoms with van der Waals surface area (Å²) in [6.07, 6.45) is 5.70. The fourth-order valence-corrected chi connectivity index (χ4v) is 3.01. The van der Waals surface area contributed by atoms with Crippen LogP contribution in [0.25, 0.3) is 0 Å². The predicted molar refractivity (Wildman–Crippen MR) is 101 cm³/mol. The molecule has 3 N–H and O–H groups in total. The topological polar surface area (TPSA) is 81.7 Å². The minimum Gasteiger partial charge on any atom is -0.357 e. The van der Waals surface area contributed by atoms with E-state index in [0.717, 1.165) is 25.6 Å². The van der Waals surface area contributed by atoms with Crippen LogP contribution in [0.5, 0.6) is 0 Å². The molecule has 0 radical (unpaired) electrons. The van der Waals surface area contributed by atoms with Crippen molar-refractivity contribution in [2.45, 2.75) is 32.7 Å². The maximum Gasteiger partial charge on any atom is 0.252 e. The van der Waals surface area contributed by atoms with Crippen molar-refractivity contribution in [3.05, 3.63) is 30.1 Å². The third kappa shape index (κ3) is 6.34. The Labute approximate surface area is 150 Å². The molecule has 25 heavy (non-hydrogen) atoms. The second-order valence-corrected chi connectivity index (χ2v) is 6.07. The number of likely N-dealkylation sites (N-methyl/N-ethyl adjacent to an activating group) is 1. The standard InChI is InChI=1S/C18H30N6O/c1-3-20-18(23-14-16-8-6-12-24(16)4-2)22-11-10-21-17(25)15-7-5-9-19-13-15/h5,7,9,13,16H,3-4,6,8,10-12,14H2,1-2H3,(H,21,25)(H2,20,22,23). The highest BCUT2D eigenvalue weighted by Crippen LogP contribution is 2.16. The van der Waals surface area contributed by atoms with Gasteiger partial charge in [-0.3, -0.25) is 19.7 Å². The molecule has 138 valence electrons. The summed E-state index contributed by atoms with van der Waals surface area (Å²) in [7, 11) is 0. The van der Waals surface area contributed by atoms with Crippen LogP contribution in [0.15, 0.2) is 29.5 Å². The summed E-state index contributed by atoms with van der Waals surface area (Å²) in [5.74, 6) is 0.697. The normalized spacial score (nSPS) is 18.2. The molecule has 1 fully saturated rings. The van der Waals surface area contributed by atoms with Crippen LogP contribution >= 0.6 is 0 Å². The fourth-order valence-electron chi connectivity index (χ4n) is 3.01. The molecule has 2 rings (SSSR count). The third-order valence-electron chi connectivity index (χ3n) is 4.34. The van der Waals surface area contributed by atoms with Crippen LogP contribution < -0.4 is 16.0 Å². The molecular weight excluding hydrogens is 316 g/mol. The molecule has 1 aromatic heterocycles. The molecule has 2 heterocycles. The zero-order valence-electron chi connectivity index (χ0n) is 15.3. The Morgan fingerprint density at radius 3 is 2.88 bits per heavy atom. The van der Waals surface area contributed by atoms with Gasteiger partial charge in [0.05, 0.1) is 12.1 Å². The maximum absolute atomic E-state index is 12.0. The Hall–Kier alpha value is -2.15. The van der Waals surface area contributed by atoms with E-state index in [0.29, 0.717) is 24.7 Å². The highest BCUT2D eigenvalue weighted by atomic mass is 16.1. The van der Waals surface area contributed by atoms with Crippen molar-refractivity contribution < 1.29 is 4.79 Å². The van der Waals surface area contributed by atoms with Crippen molar-refractivity contribution in [2.24, 2.45) is 4.99 Å². The monoisotopic (exact) mass is 346 g/mol. The molecule has 0 saturated carbocycles. The number of aliphatic imine (C=N–C) groups is 1. The summed E-state index contributed by atoms with van der Waals surface area (Å²) >= 11 is 0. The molecule has 1 saturated heterocycles. The highest BCUT2D eigenvalue weighted by molar-refractivity contribution is 5.93. The van der Waals surface area contributed by atoms with Crippen LogP contribution in [0.1, 0.15) is 37.0 Å². The first-order valence-electron chi connectivity index (χ1n) is 9.19. The number of rotatable bonds is 8. The van der Waals surface area contributed by atoms with E-state index in [1.165, 1.54) is 19.4 Å². The molecule has 7 heteroatoms. The third-order valence-corrected chi connectivity index (χ3v) is 4.34. The summed E-state index contributed by atoms with van der Waals surface area (Å²) in [5.41, 5.74) is 0.573. The summed E-state index contributed by atoms with van der Waals surface area (Å²) in [5, 5.41) is 9.41. The number of aromatic nitrogens is 1. The van der Waals surface area contributed by atoms with E-state index < -0.39 is 0 Å². The van der Waals surface area contributed by atoms with E-state index in [4.69, 9.17) is 4.99 Å². The molecule has 0 aromatic carbocycles. The van der Waals surface area contributed by atoms with E-state index in [9.17, 15) is 4.79 Å². The first-order chi connectivity index (χ1) is 12.2. The van der Waals surface area contributed by atoms with Crippen molar-refractivity contribution in [1.82, 2.24) is 25.8 Å². The van der Waals surface area contributed by atoms with E-state index in [-0.39, 0.29) is 5.91 Å². The number of hydrogen-bond donors (Lipinski definition) is 3. The molecule has 1 aliphatic rings. The number of nitrogens with zero attached hydrogens (tertiary/aromatic N) is 3. The second-order valence-electron chi connectivity index (χ2n) is 6.07. The van der Waals surface area contributed by atoms with Gasteiger partial charge >= 0.3 is 0 Å². The van der Waals surface area contributed by atoms with Crippen LogP contribution in [0.2, 0.25) is 0 Å². The fraction of sp³-hybridized carbons (Fsp3) is 0.611. The Balaban J connectivity index is 1.73. The average molecular weight is 346 g/mol. The van der Waals surface area contributed by atoms with Crippen molar-refractivity contribution >= 4 is 11.9 Å². The Morgan fingerprint density at radius 1 is 1.32 bits per heavy atom. The minimum absolute atomic E-state index is 0.110. The molecule has 0 aliphatic carbocycles. The highest BCUT2D eigenvalue weighted by Gasteiger charge is 2.22. The van der Waals surface area contributed by atoms with Crippen LogP contribution in [-0.4, -0.2) is 67.1 Å². The number of carbonyl (C=O) groups is 1. The Kier molecular flexibility index (Phi) is 8.18. The van der Waals surface area contributed by atoms with Gasteiger partial charge in [0.1, 0.15) is 0 Å². The number of likely N-dealkylation sites (tertiary alicyclic amines) is 1. The molecule has 0 spiro atoms. The molecular formula is C18H30N6O. The summed E-state index contributed by atoms with van der Waals surface area (Å²) < 4.78 is 0. The quantitative estimate of drug-likeness (QED) is 0.369. The lowest BCUT2D eigenvalue weighted by atomic mass is 10.2. The van der Waals surface area contributed by atoms with Gasteiger partial charge in [0, 0.05) is 38.1 Å². The lowest BCUT2D eigenvalue weighted by molar-refractivity contribution is 0.0954. The van der Waals surface area contributed by atoms with E-state index in [1.807, 2.05) is 0 Å². The van der Waals surface area contributed by atoms with Gasteiger partial charge in [0.25, 0.3) is 5.91 Å². The van der Waals surface area contributed by atoms with Crippen molar-refractivity contribution in [3.8, 4) is 0 Å². The summed E-state index contributed by atoms with van der Waals surface area (Å²) in [6.45, 7) is 9.31.